The van der Waals surface area contributed by atoms with Crippen molar-refractivity contribution in [2.75, 3.05) is 11.9 Å². The number of rotatable bonds is 9. The molecular formula is C23H22F2N2O3S. The molecular weight excluding hydrogens is 422 g/mol. The molecule has 2 aromatic carbocycles. The number of carbonyl (C=O) groups is 2. The summed E-state index contributed by atoms with van der Waals surface area (Å²) >= 11 is 1.66. The Morgan fingerprint density at radius 1 is 1.06 bits per heavy atom. The molecule has 0 fully saturated rings. The first-order valence-corrected chi connectivity index (χ1v) is 10.6. The second-order valence-corrected chi connectivity index (χ2v) is 7.99. The molecule has 162 valence electrons. The average Bonchev–Trinajstić information content (AvgIpc) is 3.25. The molecule has 0 bridgehead atoms. The van der Waals surface area contributed by atoms with Crippen molar-refractivity contribution in [1.82, 2.24) is 5.32 Å². The Hall–Kier alpha value is -3.10. The highest BCUT2D eigenvalue weighted by molar-refractivity contribution is 7.09. The van der Waals surface area contributed by atoms with Crippen molar-refractivity contribution < 1.29 is 23.5 Å². The molecule has 0 saturated carbocycles. The fourth-order valence-corrected chi connectivity index (χ4v) is 3.76. The lowest BCUT2D eigenvalue weighted by molar-refractivity contribution is -0.116. The number of anilines is 1. The summed E-state index contributed by atoms with van der Waals surface area (Å²) in [7, 11) is 0. The van der Waals surface area contributed by atoms with Crippen LogP contribution in [0.2, 0.25) is 0 Å². The Bertz CT molecular complexity index is 1040. The van der Waals surface area contributed by atoms with Gasteiger partial charge in [0, 0.05) is 40.7 Å². The first-order valence-electron chi connectivity index (χ1n) is 9.76. The van der Waals surface area contributed by atoms with Crippen molar-refractivity contribution in [3.63, 3.8) is 0 Å². The van der Waals surface area contributed by atoms with E-state index in [0.29, 0.717) is 18.2 Å². The molecule has 0 saturated heterocycles. The van der Waals surface area contributed by atoms with Gasteiger partial charge in [-0.15, -0.1) is 11.3 Å². The third-order valence-corrected chi connectivity index (χ3v) is 5.53. The molecule has 2 amide bonds. The largest absolute Gasteiger partial charge is 0.386 e. The summed E-state index contributed by atoms with van der Waals surface area (Å²) in [5.74, 6) is -2.26. The molecule has 0 radical (unpaired) electrons. The number of nitrogens with one attached hydrogen (secondary N) is 2. The van der Waals surface area contributed by atoms with Crippen molar-refractivity contribution in [1.29, 1.82) is 0 Å². The normalized spacial score (nSPS) is 11.7. The van der Waals surface area contributed by atoms with Gasteiger partial charge in [0.25, 0.3) is 5.91 Å². The van der Waals surface area contributed by atoms with Crippen molar-refractivity contribution in [2.24, 2.45) is 0 Å². The van der Waals surface area contributed by atoms with Crippen molar-refractivity contribution >= 4 is 28.8 Å². The third-order valence-electron chi connectivity index (χ3n) is 4.59. The van der Waals surface area contributed by atoms with Gasteiger partial charge in [0.2, 0.25) is 5.91 Å². The van der Waals surface area contributed by atoms with Crippen LogP contribution in [-0.4, -0.2) is 23.5 Å². The van der Waals surface area contributed by atoms with Gasteiger partial charge in [-0.2, -0.15) is 0 Å². The molecule has 0 aliphatic rings. The van der Waals surface area contributed by atoms with Crippen molar-refractivity contribution in [3.05, 3.63) is 87.6 Å². The third kappa shape index (κ3) is 6.70. The Kier molecular flexibility index (Phi) is 7.86. The van der Waals surface area contributed by atoms with E-state index in [1.54, 1.807) is 29.5 Å². The van der Waals surface area contributed by atoms with Gasteiger partial charge in [-0.05, 0) is 48.6 Å². The number of halogens is 2. The van der Waals surface area contributed by atoms with Crippen LogP contribution in [0.25, 0.3) is 0 Å². The molecule has 1 unspecified atom stereocenters. The first-order chi connectivity index (χ1) is 14.9. The fraction of sp³-hybridized carbons (Fsp3) is 0.217. The lowest BCUT2D eigenvalue weighted by Crippen LogP contribution is -2.28. The minimum absolute atomic E-state index is 0.106. The predicted octanol–water partition coefficient (Wildman–Crippen LogP) is 4.45. The van der Waals surface area contributed by atoms with Crippen LogP contribution in [0.5, 0.6) is 0 Å². The molecule has 1 atom stereocenters. The van der Waals surface area contributed by atoms with Gasteiger partial charge in [0.15, 0.2) is 0 Å². The highest BCUT2D eigenvalue weighted by Gasteiger charge is 2.15. The van der Waals surface area contributed by atoms with Crippen LogP contribution in [0.3, 0.4) is 0 Å². The number of hydrogen-bond acceptors (Lipinski definition) is 4. The lowest BCUT2D eigenvalue weighted by atomic mass is 10.1. The number of benzene rings is 2. The van der Waals surface area contributed by atoms with Gasteiger partial charge >= 0.3 is 0 Å². The Morgan fingerprint density at radius 3 is 2.65 bits per heavy atom. The van der Waals surface area contributed by atoms with E-state index in [0.717, 1.165) is 25.0 Å². The lowest BCUT2D eigenvalue weighted by Gasteiger charge is -2.13. The summed E-state index contributed by atoms with van der Waals surface area (Å²) in [5, 5.41) is 17.4. The van der Waals surface area contributed by atoms with E-state index < -0.39 is 23.6 Å². The van der Waals surface area contributed by atoms with Crippen LogP contribution >= 0.6 is 11.3 Å². The molecule has 3 aromatic rings. The van der Waals surface area contributed by atoms with Crippen LogP contribution < -0.4 is 10.6 Å². The maximum atomic E-state index is 13.7. The molecule has 5 nitrogen and oxygen atoms in total. The molecule has 3 N–H and O–H groups in total. The van der Waals surface area contributed by atoms with Crippen LogP contribution in [0, 0.1) is 11.6 Å². The van der Waals surface area contributed by atoms with Gasteiger partial charge in [0.1, 0.15) is 11.6 Å². The SMILES string of the molecule is O=C(CCCc1cccs1)Nc1cccc(C(=O)NCC(O)c2ccc(F)cc2F)c1. The second kappa shape index (κ2) is 10.8. The zero-order valence-corrected chi connectivity index (χ0v) is 17.4. The van der Waals surface area contributed by atoms with E-state index >= 15 is 0 Å². The summed E-state index contributed by atoms with van der Waals surface area (Å²) in [6.45, 7) is -0.249. The summed E-state index contributed by atoms with van der Waals surface area (Å²) in [6, 6.07) is 13.3. The Morgan fingerprint density at radius 2 is 1.90 bits per heavy atom. The quantitative estimate of drug-likeness (QED) is 0.456. The number of hydrogen-bond donors (Lipinski definition) is 3. The van der Waals surface area contributed by atoms with Gasteiger partial charge in [0.05, 0.1) is 6.10 Å². The molecule has 0 aliphatic carbocycles. The van der Waals surface area contributed by atoms with E-state index in [1.807, 2.05) is 17.5 Å². The van der Waals surface area contributed by atoms with E-state index in [4.69, 9.17) is 0 Å². The number of aliphatic hydroxyl groups is 1. The van der Waals surface area contributed by atoms with Crippen LogP contribution in [0.1, 0.15) is 39.7 Å². The second-order valence-electron chi connectivity index (χ2n) is 6.95. The monoisotopic (exact) mass is 444 g/mol. The number of amides is 2. The highest BCUT2D eigenvalue weighted by Crippen LogP contribution is 2.18. The average molecular weight is 445 g/mol. The van der Waals surface area contributed by atoms with Gasteiger partial charge in [-0.25, -0.2) is 8.78 Å². The minimum atomic E-state index is -1.32. The zero-order chi connectivity index (χ0) is 22.2. The fourth-order valence-electron chi connectivity index (χ4n) is 3.01. The molecule has 8 heteroatoms. The molecule has 31 heavy (non-hydrogen) atoms. The summed E-state index contributed by atoms with van der Waals surface area (Å²) in [4.78, 5) is 25.8. The van der Waals surface area contributed by atoms with E-state index in [2.05, 4.69) is 10.6 Å². The van der Waals surface area contributed by atoms with Crippen molar-refractivity contribution in [3.8, 4) is 0 Å². The number of carbonyl (C=O) groups excluding carboxylic acids is 2. The maximum Gasteiger partial charge on any atom is 0.251 e. The summed E-state index contributed by atoms with van der Waals surface area (Å²) in [5.41, 5.74) is 0.660. The van der Waals surface area contributed by atoms with Gasteiger partial charge in [-0.1, -0.05) is 18.2 Å². The van der Waals surface area contributed by atoms with E-state index in [9.17, 15) is 23.5 Å². The summed E-state index contributed by atoms with van der Waals surface area (Å²) in [6.07, 6.45) is 0.606. The first kappa shape index (κ1) is 22.6. The smallest absolute Gasteiger partial charge is 0.251 e. The molecule has 0 aliphatic heterocycles. The van der Waals surface area contributed by atoms with E-state index in [1.165, 1.54) is 10.9 Å². The molecule has 1 aromatic heterocycles. The number of thiophene rings is 1. The van der Waals surface area contributed by atoms with Gasteiger partial charge < -0.3 is 15.7 Å². The molecule has 1 heterocycles. The minimum Gasteiger partial charge on any atom is -0.386 e. The van der Waals surface area contributed by atoms with Crippen LogP contribution in [0.15, 0.2) is 60.0 Å². The molecule has 0 spiro atoms. The zero-order valence-electron chi connectivity index (χ0n) is 16.6. The van der Waals surface area contributed by atoms with Crippen LogP contribution in [-0.2, 0) is 11.2 Å². The van der Waals surface area contributed by atoms with Crippen LogP contribution in [0.4, 0.5) is 14.5 Å². The standard InChI is InChI=1S/C23H22F2N2O3S/c24-16-9-10-19(20(25)13-16)21(28)14-26-23(30)15-4-1-5-17(12-15)27-22(29)8-2-6-18-7-3-11-31-18/h1,3-5,7,9-13,21,28H,2,6,8,14H2,(H,26,30)(H,27,29). The Labute approximate surface area is 182 Å². The maximum absolute atomic E-state index is 13.7. The predicted molar refractivity (Wildman–Crippen MR) is 116 cm³/mol. The van der Waals surface area contributed by atoms with Crippen molar-refractivity contribution in [2.45, 2.75) is 25.4 Å². The molecule has 3 rings (SSSR count). The number of aliphatic hydroxyl groups excluding tert-OH is 1. The highest BCUT2D eigenvalue weighted by atomic mass is 32.1. The Balaban J connectivity index is 1.50. The summed E-state index contributed by atoms with van der Waals surface area (Å²) < 4.78 is 26.7. The topological polar surface area (TPSA) is 78.4 Å². The number of aryl methyl sites for hydroxylation is 1. The van der Waals surface area contributed by atoms with E-state index in [-0.39, 0.29) is 23.6 Å². The van der Waals surface area contributed by atoms with Gasteiger partial charge in [-0.3, -0.25) is 9.59 Å².